The number of anilines is 1. The minimum atomic E-state index is -0.600. The van der Waals surface area contributed by atoms with Gasteiger partial charge in [-0.05, 0) is 39.0 Å². The molecule has 6 nitrogen and oxygen atoms in total. The van der Waals surface area contributed by atoms with Gasteiger partial charge in [0, 0.05) is 23.8 Å². The molecule has 1 aromatic carbocycles. The summed E-state index contributed by atoms with van der Waals surface area (Å²) in [4.78, 5) is 23.4. The van der Waals surface area contributed by atoms with Crippen LogP contribution in [0.5, 0.6) is 0 Å². The number of amides is 3. The molecule has 1 rings (SSSR count). The largest absolute Gasteiger partial charge is 0.392 e. The Morgan fingerprint density at radius 2 is 1.95 bits per heavy atom. The van der Waals surface area contributed by atoms with Crippen LogP contribution in [-0.4, -0.2) is 35.7 Å². The number of hydrogen-bond acceptors (Lipinski definition) is 3. The quantitative estimate of drug-likeness (QED) is 0.655. The molecule has 0 fully saturated rings. The van der Waals surface area contributed by atoms with Crippen LogP contribution in [0.25, 0.3) is 0 Å². The number of carbonyl (C=O) groups excluding carboxylic acids is 2. The molecule has 0 aliphatic rings. The SMILES string of the molecule is CC(O)CNC(=O)c1cccc(NC(=O)NC(C)C)c1. The van der Waals surface area contributed by atoms with Crippen molar-refractivity contribution in [1.29, 1.82) is 0 Å². The highest BCUT2D eigenvalue weighted by molar-refractivity contribution is 5.96. The molecular formula is C14H21N3O3. The lowest BCUT2D eigenvalue weighted by Gasteiger charge is -2.11. The highest BCUT2D eigenvalue weighted by Crippen LogP contribution is 2.10. The van der Waals surface area contributed by atoms with Crippen molar-refractivity contribution in [3.05, 3.63) is 29.8 Å². The molecule has 4 N–H and O–H groups in total. The third-order valence-electron chi connectivity index (χ3n) is 2.36. The van der Waals surface area contributed by atoms with Crippen LogP contribution >= 0.6 is 0 Å². The van der Waals surface area contributed by atoms with E-state index in [2.05, 4.69) is 16.0 Å². The van der Waals surface area contributed by atoms with E-state index in [0.717, 1.165) is 0 Å². The number of nitrogens with one attached hydrogen (secondary N) is 3. The van der Waals surface area contributed by atoms with E-state index in [4.69, 9.17) is 5.11 Å². The zero-order chi connectivity index (χ0) is 15.1. The fourth-order valence-electron chi connectivity index (χ4n) is 1.51. The normalized spacial score (nSPS) is 11.8. The summed E-state index contributed by atoms with van der Waals surface area (Å²) in [5.41, 5.74) is 0.959. The van der Waals surface area contributed by atoms with Gasteiger partial charge in [0.2, 0.25) is 0 Å². The summed E-state index contributed by atoms with van der Waals surface area (Å²) in [6.07, 6.45) is -0.600. The van der Waals surface area contributed by atoms with E-state index in [0.29, 0.717) is 11.3 Å². The van der Waals surface area contributed by atoms with E-state index in [-0.39, 0.29) is 24.5 Å². The maximum Gasteiger partial charge on any atom is 0.319 e. The highest BCUT2D eigenvalue weighted by Gasteiger charge is 2.08. The maximum atomic E-state index is 11.8. The van der Waals surface area contributed by atoms with Crippen molar-refractivity contribution in [2.45, 2.75) is 32.9 Å². The molecule has 1 unspecified atom stereocenters. The first kappa shape index (κ1) is 16.0. The molecule has 1 aromatic rings. The second kappa shape index (κ2) is 7.49. The van der Waals surface area contributed by atoms with Crippen LogP contribution in [0, 0.1) is 0 Å². The Morgan fingerprint density at radius 3 is 2.55 bits per heavy atom. The van der Waals surface area contributed by atoms with Crippen LogP contribution in [0.15, 0.2) is 24.3 Å². The fraction of sp³-hybridized carbons (Fsp3) is 0.429. The third-order valence-corrected chi connectivity index (χ3v) is 2.36. The van der Waals surface area contributed by atoms with Crippen molar-refractivity contribution in [1.82, 2.24) is 10.6 Å². The van der Waals surface area contributed by atoms with E-state index < -0.39 is 6.10 Å². The van der Waals surface area contributed by atoms with Crippen LogP contribution in [-0.2, 0) is 0 Å². The van der Waals surface area contributed by atoms with Crippen LogP contribution in [0.4, 0.5) is 10.5 Å². The van der Waals surface area contributed by atoms with Gasteiger partial charge in [0.15, 0.2) is 0 Å². The molecule has 0 spiro atoms. The molecule has 6 heteroatoms. The molecule has 20 heavy (non-hydrogen) atoms. The molecule has 0 aliphatic heterocycles. The van der Waals surface area contributed by atoms with Crippen molar-refractivity contribution in [3.63, 3.8) is 0 Å². The Morgan fingerprint density at radius 1 is 1.25 bits per heavy atom. The Balaban J connectivity index is 2.65. The first-order chi connectivity index (χ1) is 9.38. The average molecular weight is 279 g/mol. The van der Waals surface area contributed by atoms with Crippen LogP contribution in [0.1, 0.15) is 31.1 Å². The minimum Gasteiger partial charge on any atom is -0.392 e. The molecule has 0 saturated carbocycles. The first-order valence-electron chi connectivity index (χ1n) is 6.52. The van der Waals surface area contributed by atoms with Crippen molar-refractivity contribution in [2.24, 2.45) is 0 Å². The van der Waals surface area contributed by atoms with E-state index in [1.807, 2.05) is 13.8 Å². The summed E-state index contributed by atoms with van der Waals surface area (Å²) in [6.45, 7) is 5.50. The summed E-state index contributed by atoms with van der Waals surface area (Å²) < 4.78 is 0. The summed E-state index contributed by atoms with van der Waals surface area (Å²) in [5, 5.41) is 17.1. The summed E-state index contributed by atoms with van der Waals surface area (Å²) in [6, 6.07) is 6.32. The molecule has 1 atom stereocenters. The molecule has 0 radical (unpaired) electrons. The number of aliphatic hydroxyl groups excluding tert-OH is 1. The molecule has 0 aromatic heterocycles. The number of aliphatic hydroxyl groups is 1. The van der Waals surface area contributed by atoms with Gasteiger partial charge in [-0.15, -0.1) is 0 Å². The zero-order valence-corrected chi connectivity index (χ0v) is 11.9. The van der Waals surface area contributed by atoms with Crippen LogP contribution in [0.2, 0.25) is 0 Å². The van der Waals surface area contributed by atoms with Crippen LogP contribution < -0.4 is 16.0 Å². The third kappa shape index (κ3) is 5.71. The van der Waals surface area contributed by atoms with Crippen molar-refractivity contribution in [3.8, 4) is 0 Å². The minimum absolute atomic E-state index is 0.0347. The lowest BCUT2D eigenvalue weighted by atomic mass is 10.2. The number of hydrogen-bond donors (Lipinski definition) is 4. The monoisotopic (exact) mass is 279 g/mol. The van der Waals surface area contributed by atoms with Crippen molar-refractivity contribution >= 4 is 17.6 Å². The van der Waals surface area contributed by atoms with Gasteiger partial charge >= 0.3 is 6.03 Å². The topological polar surface area (TPSA) is 90.5 Å². The number of urea groups is 1. The molecule has 110 valence electrons. The van der Waals surface area contributed by atoms with E-state index in [1.165, 1.54) is 0 Å². The highest BCUT2D eigenvalue weighted by atomic mass is 16.3. The Bertz CT molecular complexity index is 472. The lowest BCUT2D eigenvalue weighted by Crippen LogP contribution is -2.34. The molecule has 0 heterocycles. The van der Waals surface area contributed by atoms with Crippen molar-refractivity contribution in [2.75, 3.05) is 11.9 Å². The number of rotatable bonds is 5. The van der Waals surface area contributed by atoms with Crippen LogP contribution in [0.3, 0.4) is 0 Å². The zero-order valence-electron chi connectivity index (χ0n) is 11.9. The summed E-state index contributed by atoms with van der Waals surface area (Å²) >= 11 is 0. The van der Waals surface area contributed by atoms with Gasteiger partial charge < -0.3 is 21.1 Å². The molecular weight excluding hydrogens is 258 g/mol. The lowest BCUT2D eigenvalue weighted by molar-refractivity contribution is 0.0924. The fourth-order valence-corrected chi connectivity index (χ4v) is 1.51. The smallest absolute Gasteiger partial charge is 0.319 e. The van der Waals surface area contributed by atoms with Gasteiger partial charge in [0.05, 0.1) is 6.10 Å². The second-order valence-electron chi connectivity index (χ2n) is 4.89. The van der Waals surface area contributed by atoms with Gasteiger partial charge in [-0.2, -0.15) is 0 Å². The van der Waals surface area contributed by atoms with Gasteiger partial charge in [0.1, 0.15) is 0 Å². The predicted molar refractivity (Wildman–Crippen MR) is 77.7 cm³/mol. The van der Waals surface area contributed by atoms with Gasteiger partial charge in [0.25, 0.3) is 5.91 Å². The van der Waals surface area contributed by atoms with Gasteiger partial charge in [-0.3, -0.25) is 4.79 Å². The first-order valence-corrected chi connectivity index (χ1v) is 6.52. The molecule has 0 bridgehead atoms. The van der Waals surface area contributed by atoms with E-state index >= 15 is 0 Å². The molecule has 0 aliphatic carbocycles. The van der Waals surface area contributed by atoms with E-state index in [9.17, 15) is 9.59 Å². The second-order valence-corrected chi connectivity index (χ2v) is 4.89. The van der Waals surface area contributed by atoms with Gasteiger partial charge in [-0.1, -0.05) is 6.07 Å². The number of carbonyl (C=O) groups is 2. The predicted octanol–water partition coefficient (Wildman–Crippen LogP) is 1.33. The Labute approximate surface area is 118 Å². The number of benzene rings is 1. The molecule has 3 amide bonds. The van der Waals surface area contributed by atoms with Gasteiger partial charge in [-0.25, -0.2) is 4.79 Å². The standard InChI is InChI=1S/C14H21N3O3/c1-9(2)16-14(20)17-12-6-4-5-11(7-12)13(19)15-8-10(3)18/h4-7,9-10,18H,8H2,1-3H3,(H,15,19)(H2,16,17,20). The summed E-state index contributed by atoms with van der Waals surface area (Å²) in [5.74, 6) is -0.293. The average Bonchev–Trinajstić information content (AvgIpc) is 2.35. The van der Waals surface area contributed by atoms with Crippen molar-refractivity contribution < 1.29 is 14.7 Å². The molecule has 0 saturated heterocycles. The Kier molecular flexibility index (Phi) is 5.99. The Hall–Kier alpha value is -2.08. The maximum absolute atomic E-state index is 11.8. The van der Waals surface area contributed by atoms with E-state index in [1.54, 1.807) is 31.2 Å². The summed E-state index contributed by atoms with van der Waals surface area (Å²) in [7, 11) is 0.